The third-order valence-corrected chi connectivity index (χ3v) is 4.91. The normalized spacial score (nSPS) is 12.3. The molecule has 0 heterocycles. The van der Waals surface area contributed by atoms with Crippen molar-refractivity contribution >= 4 is 15.9 Å². The standard InChI is InChI=1S/C18H22BrNO/c1-11-9-13(3)16(15(10-11)21-5)18(20-4)14-8-6-7-12(2)17(14)19/h6-10,18,20H,1-5H3. The molecule has 0 fully saturated rings. The van der Waals surface area contributed by atoms with E-state index in [1.165, 1.54) is 27.8 Å². The van der Waals surface area contributed by atoms with Gasteiger partial charge in [0.1, 0.15) is 5.75 Å². The molecule has 0 radical (unpaired) electrons. The van der Waals surface area contributed by atoms with Gasteiger partial charge in [-0.1, -0.05) is 40.2 Å². The highest BCUT2D eigenvalue weighted by atomic mass is 79.9. The summed E-state index contributed by atoms with van der Waals surface area (Å²) >= 11 is 3.72. The van der Waals surface area contributed by atoms with Gasteiger partial charge in [-0.05, 0) is 56.1 Å². The van der Waals surface area contributed by atoms with Crippen molar-refractivity contribution in [3.8, 4) is 5.75 Å². The zero-order chi connectivity index (χ0) is 15.6. The van der Waals surface area contributed by atoms with E-state index in [-0.39, 0.29) is 6.04 Å². The van der Waals surface area contributed by atoms with Crippen LogP contribution in [-0.4, -0.2) is 14.2 Å². The molecule has 1 N–H and O–H groups in total. The largest absolute Gasteiger partial charge is 0.496 e. The number of benzene rings is 2. The number of nitrogens with one attached hydrogen (secondary N) is 1. The summed E-state index contributed by atoms with van der Waals surface area (Å²) in [6.45, 7) is 6.34. The van der Waals surface area contributed by atoms with Crippen LogP contribution in [0.2, 0.25) is 0 Å². The average molecular weight is 348 g/mol. The van der Waals surface area contributed by atoms with Crippen LogP contribution < -0.4 is 10.1 Å². The lowest BCUT2D eigenvalue weighted by Gasteiger charge is -2.24. The van der Waals surface area contributed by atoms with Crippen molar-refractivity contribution < 1.29 is 4.74 Å². The number of halogens is 1. The Morgan fingerprint density at radius 3 is 2.43 bits per heavy atom. The molecule has 0 bridgehead atoms. The van der Waals surface area contributed by atoms with E-state index >= 15 is 0 Å². The van der Waals surface area contributed by atoms with Crippen LogP contribution >= 0.6 is 15.9 Å². The predicted molar refractivity (Wildman–Crippen MR) is 92.2 cm³/mol. The van der Waals surface area contributed by atoms with E-state index in [1.807, 2.05) is 7.05 Å². The molecule has 2 nitrogen and oxygen atoms in total. The molecular weight excluding hydrogens is 326 g/mol. The number of hydrogen-bond donors (Lipinski definition) is 1. The van der Waals surface area contributed by atoms with Crippen molar-refractivity contribution in [1.82, 2.24) is 5.32 Å². The van der Waals surface area contributed by atoms with Crippen molar-refractivity contribution in [3.05, 3.63) is 62.6 Å². The second-order valence-corrected chi connectivity index (χ2v) is 6.19. The van der Waals surface area contributed by atoms with Gasteiger partial charge in [0.2, 0.25) is 0 Å². The molecule has 0 aromatic heterocycles. The molecule has 0 saturated carbocycles. The van der Waals surface area contributed by atoms with Gasteiger partial charge in [0.15, 0.2) is 0 Å². The molecule has 0 aliphatic rings. The third-order valence-electron chi connectivity index (χ3n) is 3.82. The van der Waals surface area contributed by atoms with Gasteiger partial charge in [-0.25, -0.2) is 0 Å². The highest BCUT2D eigenvalue weighted by molar-refractivity contribution is 9.10. The maximum Gasteiger partial charge on any atom is 0.124 e. The molecule has 1 atom stereocenters. The number of aryl methyl sites for hydroxylation is 3. The first-order valence-electron chi connectivity index (χ1n) is 7.07. The van der Waals surface area contributed by atoms with Crippen LogP contribution in [0.4, 0.5) is 0 Å². The molecule has 3 heteroatoms. The van der Waals surface area contributed by atoms with E-state index < -0.39 is 0 Å². The van der Waals surface area contributed by atoms with E-state index in [2.05, 4.69) is 72.3 Å². The van der Waals surface area contributed by atoms with Crippen molar-refractivity contribution in [2.45, 2.75) is 26.8 Å². The van der Waals surface area contributed by atoms with Crippen LogP contribution in [0.1, 0.15) is 33.9 Å². The molecule has 0 saturated heterocycles. The minimum atomic E-state index is 0.0924. The lowest BCUT2D eigenvalue weighted by Crippen LogP contribution is -2.20. The van der Waals surface area contributed by atoms with Crippen molar-refractivity contribution in [2.75, 3.05) is 14.2 Å². The van der Waals surface area contributed by atoms with Crippen molar-refractivity contribution in [2.24, 2.45) is 0 Å². The van der Waals surface area contributed by atoms with Gasteiger partial charge in [0.05, 0.1) is 13.2 Å². The van der Waals surface area contributed by atoms with Crippen LogP contribution in [0.25, 0.3) is 0 Å². The topological polar surface area (TPSA) is 21.3 Å². The van der Waals surface area contributed by atoms with Crippen LogP contribution in [0.3, 0.4) is 0 Å². The van der Waals surface area contributed by atoms with Crippen molar-refractivity contribution in [3.63, 3.8) is 0 Å². The summed E-state index contributed by atoms with van der Waals surface area (Å²) in [5, 5.41) is 3.43. The average Bonchev–Trinajstić information content (AvgIpc) is 2.45. The van der Waals surface area contributed by atoms with Crippen LogP contribution in [-0.2, 0) is 0 Å². The molecule has 2 rings (SSSR count). The van der Waals surface area contributed by atoms with Gasteiger partial charge < -0.3 is 10.1 Å². The second kappa shape index (κ2) is 6.63. The van der Waals surface area contributed by atoms with E-state index in [0.29, 0.717) is 0 Å². The minimum absolute atomic E-state index is 0.0924. The Morgan fingerprint density at radius 1 is 1.10 bits per heavy atom. The van der Waals surface area contributed by atoms with Crippen LogP contribution in [0.5, 0.6) is 5.75 Å². The highest BCUT2D eigenvalue weighted by Crippen LogP contribution is 2.37. The quantitative estimate of drug-likeness (QED) is 0.865. The number of rotatable bonds is 4. The van der Waals surface area contributed by atoms with Gasteiger partial charge in [0.25, 0.3) is 0 Å². The van der Waals surface area contributed by atoms with E-state index in [0.717, 1.165) is 10.2 Å². The zero-order valence-electron chi connectivity index (χ0n) is 13.3. The first-order chi connectivity index (χ1) is 9.99. The molecule has 21 heavy (non-hydrogen) atoms. The maximum absolute atomic E-state index is 5.63. The van der Waals surface area contributed by atoms with Gasteiger partial charge >= 0.3 is 0 Å². The maximum atomic E-state index is 5.63. The Bertz CT molecular complexity index is 652. The van der Waals surface area contributed by atoms with E-state index in [9.17, 15) is 0 Å². The van der Waals surface area contributed by atoms with Crippen LogP contribution in [0, 0.1) is 20.8 Å². The van der Waals surface area contributed by atoms with Gasteiger partial charge in [0, 0.05) is 10.0 Å². The molecule has 0 amide bonds. The molecule has 2 aromatic carbocycles. The molecule has 2 aromatic rings. The summed E-state index contributed by atoms with van der Waals surface area (Å²) in [6, 6.07) is 10.7. The fraction of sp³-hybridized carbons (Fsp3) is 0.333. The Balaban J connectivity index is 2.64. The molecule has 112 valence electrons. The molecular formula is C18H22BrNO. The summed E-state index contributed by atoms with van der Waals surface area (Å²) in [7, 11) is 3.72. The molecule has 1 unspecified atom stereocenters. The molecule has 0 spiro atoms. The number of methoxy groups -OCH3 is 1. The first kappa shape index (κ1) is 16.1. The lowest BCUT2D eigenvalue weighted by molar-refractivity contribution is 0.404. The summed E-state index contributed by atoms with van der Waals surface area (Å²) in [6.07, 6.45) is 0. The molecule has 0 aliphatic carbocycles. The fourth-order valence-electron chi connectivity index (χ4n) is 2.83. The summed E-state index contributed by atoms with van der Waals surface area (Å²) in [5.74, 6) is 0.931. The summed E-state index contributed by atoms with van der Waals surface area (Å²) in [5.41, 5.74) is 6.10. The Labute approximate surface area is 135 Å². The second-order valence-electron chi connectivity index (χ2n) is 5.40. The fourth-order valence-corrected chi connectivity index (χ4v) is 3.32. The summed E-state index contributed by atoms with van der Waals surface area (Å²) < 4.78 is 6.77. The Morgan fingerprint density at radius 2 is 1.81 bits per heavy atom. The zero-order valence-corrected chi connectivity index (χ0v) is 14.8. The lowest BCUT2D eigenvalue weighted by atomic mass is 9.92. The van der Waals surface area contributed by atoms with Gasteiger partial charge in [-0.15, -0.1) is 0 Å². The van der Waals surface area contributed by atoms with Crippen molar-refractivity contribution in [1.29, 1.82) is 0 Å². The number of hydrogen-bond acceptors (Lipinski definition) is 2. The Hall–Kier alpha value is -1.32. The minimum Gasteiger partial charge on any atom is -0.496 e. The predicted octanol–water partition coefficient (Wildman–Crippen LogP) is 4.69. The SMILES string of the molecule is CNC(c1cccc(C)c1Br)c1c(C)cc(C)cc1OC. The highest BCUT2D eigenvalue weighted by Gasteiger charge is 2.21. The van der Waals surface area contributed by atoms with Crippen LogP contribution in [0.15, 0.2) is 34.8 Å². The first-order valence-corrected chi connectivity index (χ1v) is 7.86. The molecule has 0 aliphatic heterocycles. The monoisotopic (exact) mass is 347 g/mol. The van der Waals surface area contributed by atoms with Gasteiger partial charge in [-0.2, -0.15) is 0 Å². The Kier molecular flexibility index (Phi) is 5.07. The third kappa shape index (κ3) is 3.14. The van der Waals surface area contributed by atoms with E-state index in [1.54, 1.807) is 7.11 Å². The van der Waals surface area contributed by atoms with E-state index in [4.69, 9.17) is 4.74 Å². The van der Waals surface area contributed by atoms with Gasteiger partial charge in [-0.3, -0.25) is 0 Å². The smallest absolute Gasteiger partial charge is 0.124 e. The number of ether oxygens (including phenoxy) is 1. The summed E-state index contributed by atoms with van der Waals surface area (Å²) in [4.78, 5) is 0.